The molecule has 1 aliphatic heterocycles. The number of ether oxygens (including phenoxy) is 4. The summed E-state index contributed by atoms with van der Waals surface area (Å²) in [5, 5.41) is 2.14. The molecule has 7 nitrogen and oxygen atoms in total. The van der Waals surface area contributed by atoms with Crippen LogP contribution < -0.4 is 23.8 Å². The lowest BCUT2D eigenvalue weighted by Crippen LogP contribution is -2.41. The monoisotopic (exact) mass is 779 g/mol. The summed E-state index contributed by atoms with van der Waals surface area (Å²) in [5.74, 6) is 3.04. The van der Waals surface area contributed by atoms with Gasteiger partial charge in [0, 0.05) is 40.4 Å². The van der Waals surface area contributed by atoms with Gasteiger partial charge in [0.2, 0.25) is 0 Å². The van der Waals surface area contributed by atoms with Gasteiger partial charge in [0.25, 0.3) is 0 Å². The lowest BCUT2D eigenvalue weighted by atomic mass is 10.0. The Morgan fingerprint density at radius 1 is 0.642 bits per heavy atom. The van der Waals surface area contributed by atoms with Crippen molar-refractivity contribution in [2.75, 3.05) is 51.0 Å². The van der Waals surface area contributed by atoms with Crippen LogP contribution in [0.4, 0.5) is 11.4 Å². The van der Waals surface area contributed by atoms with Crippen LogP contribution in [0.5, 0.6) is 23.0 Å². The van der Waals surface area contributed by atoms with E-state index in [9.17, 15) is 0 Å². The highest BCUT2D eigenvalue weighted by Crippen LogP contribution is 2.48. The van der Waals surface area contributed by atoms with E-state index in [1.165, 1.54) is 21.2 Å². The summed E-state index contributed by atoms with van der Waals surface area (Å²) in [5.41, 5.74) is 4.78. The molecule has 6 rings (SSSR count). The minimum atomic E-state index is 0. The first-order chi connectivity index (χ1) is 24.9. The lowest BCUT2D eigenvalue weighted by molar-refractivity contribution is 0.236. The van der Waals surface area contributed by atoms with Crippen molar-refractivity contribution < 1.29 is 18.9 Å². The highest BCUT2D eigenvalue weighted by Gasteiger charge is 2.25. The van der Waals surface area contributed by atoms with Crippen LogP contribution in [0.1, 0.15) is 59.7 Å². The number of halogens is 2. The molecule has 4 aromatic carbocycles. The number of aromatic nitrogens is 1. The summed E-state index contributed by atoms with van der Waals surface area (Å²) in [6.45, 7) is 20.3. The Morgan fingerprint density at radius 2 is 1.17 bits per heavy atom. The van der Waals surface area contributed by atoms with E-state index in [2.05, 4.69) is 90.2 Å². The van der Waals surface area contributed by atoms with Gasteiger partial charge in [-0.1, -0.05) is 55.9 Å². The number of nitrogens with zero attached hydrogens (tertiary/aromatic N) is 3. The van der Waals surface area contributed by atoms with Gasteiger partial charge in [0.1, 0.15) is 0 Å². The third kappa shape index (κ3) is 10.9. The van der Waals surface area contributed by atoms with Gasteiger partial charge in [-0.25, -0.2) is 0 Å². The average Bonchev–Trinajstić information content (AvgIpc) is 3.14. The van der Waals surface area contributed by atoms with Gasteiger partial charge in [0.15, 0.2) is 23.0 Å². The minimum absolute atomic E-state index is 0. The topological polar surface area (TPSA) is 56.3 Å². The summed E-state index contributed by atoms with van der Waals surface area (Å²) in [6.07, 6.45) is 2.52. The largest absolute Gasteiger partial charge is 0.490 e. The van der Waals surface area contributed by atoms with Crippen LogP contribution >= 0.6 is 36.6 Å². The minimum Gasteiger partial charge on any atom is -0.490 e. The second kappa shape index (κ2) is 21.8. The second-order valence-electron chi connectivity index (χ2n) is 12.2. The predicted octanol–water partition coefficient (Wildman–Crippen LogP) is 11.3. The number of hydrogen-bond acceptors (Lipinski definition) is 8. The number of rotatable bonds is 15. The smallest absolute Gasteiger partial charge is 0.161 e. The number of hydrogen-bond donors (Lipinski definition) is 0. The summed E-state index contributed by atoms with van der Waals surface area (Å²) >= 11 is 1.88. The molecule has 2 heterocycles. The maximum atomic E-state index is 5.81. The van der Waals surface area contributed by atoms with Gasteiger partial charge in [-0.2, -0.15) is 0 Å². The number of anilines is 2. The van der Waals surface area contributed by atoms with Crippen molar-refractivity contribution in [1.82, 2.24) is 9.88 Å². The van der Waals surface area contributed by atoms with Crippen LogP contribution in [-0.2, 0) is 6.42 Å². The van der Waals surface area contributed by atoms with Crippen molar-refractivity contribution in [1.29, 1.82) is 0 Å². The van der Waals surface area contributed by atoms with Gasteiger partial charge >= 0.3 is 0 Å². The Kier molecular flexibility index (Phi) is 17.9. The molecule has 0 N–H and O–H groups in total. The highest BCUT2D eigenvalue weighted by molar-refractivity contribution is 7.99. The molecule has 10 heteroatoms. The van der Waals surface area contributed by atoms with Crippen LogP contribution in [0, 0.1) is 0 Å². The van der Waals surface area contributed by atoms with E-state index in [0.29, 0.717) is 38.9 Å². The molecule has 0 saturated carbocycles. The van der Waals surface area contributed by atoms with E-state index in [0.717, 1.165) is 64.7 Å². The van der Waals surface area contributed by atoms with Crippen molar-refractivity contribution in [3.8, 4) is 23.0 Å². The third-order valence-electron chi connectivity index (χ3n) is 8.90. The summed E-state index contributed by atoms with van der Waals surface area (Å²) in [6, 6.07) is 30.1. The number of pyridine rings is 1. The quantitative estimate of drug-likeness (QED) is 0.104. The van der Waals surface area contributed by atoms with Crippen molar-refractivity contribution in [2.24, 2.45) is 0 Å². The molecule has 5 aromatic rings. The fourth-order valence-electron chi connectivity index (χ4n) is 6.52. The first kappa shape index (κ1) is 43.6. The van der Waals surface area contributed by atoms with Gasteiger partial charge in [-0.15, -0.1) is 24.8 Å². The number of para-hydroxylation sites is 2. The Morgan fingerprint density at radius 3 is 1.74 bits per heavy atom. The normalized spacial score (nSPS) is 12.0. The van der Waals surface area contributed by atoms with Crippen LogP contribution in [0.2, 0.25) is 0 Å². The molecule has 0 spiro atoms. The molecule has 53 heavy (non-hydrogen) atoms. The molecule has 0 fully saturated rings. The zero-order valence-corrected chi connectivity index (χ0v) is 34.5. The van der Waals surface area contributed by atoms with Crippen molar-refractivity contribution >= 4 is 58.7 Å². The van der Waals surface area contributed by atoms with Crippen LogP contribution in [0.15, 0.2) is 101 Å². The number of likely N-dealkylation sites (N-methyl/N-ethyl adjacent to an activating group) is 1. The maximum Gasteiger partial charge on any atom is 0.161 e. The zero-order chi connectivity index (χ0) is 36.2. The molecule has 0 bridgehead atoms. The van der Waals surface area contributed by atoms with Gasteiger partial charge in [-0.05, 0) is 113 Å². The average molecular weight is 781 g/mol. The third-order valence-corrected chi connectivity index (χ3v) is 10.0. The van der Waals surface area contributed by atoms with Crippen LogP contribution in [0.25, 0.3) is 10.8 Å². The van der Waals surface area contributed by atoms with Gasteiger partial charge < -0.3 is 23.8 Å². The molecular weight excluding hydrogens is 725 g/mol. The maximum absolute atomic E-state index is 5.81. The molecule has 1 aromatic heterocycles. The van der Waals surface area contributed by atoms with Crippen molar-refractivity contribution in [2.45, 2.75) is 70.7 Å². The molecule has 0 radical (unpaired) electrons. The van der Waals surface area contributed by atoms with E-state index in [4.69, 9.17) is 18.9 Å². The van der Waals surface area contributed by atoms with E-state index in [-0.39, 0.29) is 24.8 Å². The molecule has 0 amide bonds. The zero-order valence-electron chi connectivity index (χ0n) is 32.1. The fourth-order valence-corrected chi connectivity index (χ4v) is 7.62. The second-order valence-corrected chi connectivity index (χ2v) is 13.3. The van der Waals surface area contributed by atoms with Crippen LogP contribution in [0.3, 0.4) is 0 Å². The molecule has 0 aliphatic carbocycles. The molecule has 1 unspecified atom stereocenters. The van der Waals surface area contributed by atoms with Crippen molar-refractivity contribution in [3.05, 3.63) is 102 Å². The van der Waals surface area contributed by atoms with Gasteiger partial charge in [0.05, 0.1) is 43.5 Å². The summed E-state index contributed by atoms with van der Waals surface area (Å²) in [7, 11) is 0. The SMILES string of the molecule is CCN(CC)C(C)CN1c2ccccc2Sc2ccccc21.CCOc1ccc(Cc2nccc3cc(OCC)c(OCC)cc23)cc1OCC.Cl.Cl. The highest BCUT2D eigenvalue weighted by atomic mass is 35.5. The summed E-state index contributed by atoms with van der Waals surface area (Å²) in [4.78, 5) is 12.4. The van der Waals surface area contributed by atoms with E-state index in [1.54, 1.807) is 0 Å². The fraction of sp³-hybridized carbons (Fsp3) is 0.372. The molecule has 286 valence electrons. The molecule has 0 saturated heterocycles. The number of fused-ring (bicyclic) bond motifs is 3. The van der Waals surface area contributed by atoms with E-state index >= 15 is 0 Å². The Balaban J connectivity index is 0.000000284. The first-order valence-corrected chi connectivity index (χ1v) is 19.2. The predicted molar refractivity (Wildman–Crippen MR) is 227 cm³/mol. The van der Waals surface area contributed by atoms with E-state index < -0.39 is 0 Å². The lowest BCUT2D eigenvalue weighted by Gasteiger charge is -2.37. The molecular formula is C43H55Cl2N3O4S. The standard InChI is InChI=1S/C24H29NO4.C19H24N2S.2ClH/c1-5-26-21-10-9-17(14-22(21)27-6-2)13-20-19-16-24(29-8-4)23(28-7-3)15-18(19)11-12-25-20;1-4-20(5-2)15(3)14-21-16-10-6-8-12-18(16)22-19-13-9-7-11-17(19)21;;/h9-12,14-16H,5-8,13H2,1-4H3;6-13,15H,4-5,14H2,1-3H3;2*1H. The van der Waals surface area contributed by atoms with Crippen LogP contribution in [-0.4, -0.2) is 62.0 Å². The van der Waals surface area contributed by atoms with Gasteiger partial charge in [-0.3, -0.25) is 9.88 Å². The first-order valence-electron chi connectivity index (χ1n) is 18.4. The Hall–Kier alpha value is -3.82. The Bertz CT molecular complexity index is 1830. The van der Waals surface area contributed by atoms with E-state index in [1.807, 2.05) is 76.0 Å². The number of benzene rings is 4. The van der Waals surface area contributed by atoms with Crippen molar-refractivity contribution in [3.63, 3.8) is 0 Å². The molecule has 1 aliphatic rings. The summed E-state index contributed by atoms with van der Waals surface area (Å²) < 4.78 is 23.0. The Labute approximate surface area is 333 Å². The molecule has 1 atom stereocenters.